The number of hydrogen-bond acceptors (Lipinski definition) is 3. The minimum Gasteiger partial charge on any atom is -0.393 e. The van der Waals surface area contributed by atoms with E-state index in [1.165, 1.54) is 69.2 Å². The lowest BCUT2D eigenvalue weighted by Gasteiger charge is -2.61. The van der Waals surface area contributed by atoms with E-state index in [0.717, 1.165) is 30.2 Å². The minimum atomic E-state index is -0.198. The van der Waals surface area contributed by atoms with Gasteiger partial charge in [-0.3, -0.25) is 9.98 Å². The van der Waals surface area contributed by atoms with Crippen molar-refractivity contribution in [1.82, 2.24) is 0 Å². The summed E-state index contributed by atoms with van der Waals surface area (Å²) in [6.45, 7) is 14.2. The maximum atomic E-state index is 10.7. The largest absolute Gasteiger partial charge is 0.393 e. The van der Waals surface area contributed by atoms with Crippen molar-refractivity contribution in [3.8, 4) is 0 Å². The van der Waals surface area contributed by atoms with Gasteiger partial charge in [-0.2, -0.15) is 0 Å². The molecule has 0 aromatic heterocycles. The summed E-state index contributed by atoms with van der Waals surface area (Å²) >= 11 is 0. The molecule has 170 valence electrons. The van der Waals surface area contributed by atoms with Crippen LogP contribution in [0.1, 0.15) is 99.3 Å². The number of rotatable bonds is 4. The van der Waals surface area contributed by atoms with E-state index in [0.29, 0.717) is 17.4 Å². The van der Waals surface area contributed by atoms with E-state index in [4.69, 9.17) is 9.98 Å². The molecule has 9 atom stereocenters. The van der Waals surface area contributed by atoms with E-state index in [-0.39, 0.29) is 11.5 Å². The summed E-state index contributed by atoms with van der Waals surface area (Å²) in [6, 6.07) is 0.570. The van der Waals surface area contributed by atoms with E-state index in [1.54, 1.807) is 0 Å². The number of aliphatic hydroxyl groups excluding tert-OH is 1. The monoisotopic (exact) mass is 414 g/mol. The Kier molecular flexibility index (Phi) is 6.25. The maximum Gasteiger partial charge on any atom is 0.0546 e. The van der Waals surface area contributed by atoms with Crippen molar-refractivity contribution >= 4 is 11.4 Å². The molecule has 4 saturated carbocycles. The highest BCUT2D eigenvalue weighted by molar-refractivity contribution is 5.79. The molecule has 0 radical (unpaired) electrons. The van der Waals surface area contributed by atoms with Crippen molar-refractivity contribution in [2.75, 3.05) is 6.54 Å². The van der Waals surface area contributed by atoms with Crippen LogP contribution < -0.4 is 0 Å². The third-order valence-electron chi connectivity index (χ3n) is 10.1. The number of fused-ring (bicyclic) bond motifs is 5. The van der Waals surface area contributed by atoms with Crippen LogP contribution in [0.15, 0.2) is 9.98 Å². The fraction of sp³-hybridized carbons (Fsp3) is 0.926. The first-order valence-corrected chi connectivity index (χ1v) is 12.8. The number of aliphatic hydroxyl groups is 1. The van der Waals surface area contributed by atoms with E-state index in [9.17, 15) is 5.11 Å². The Balaban J connectivity index is 1.59. The van der Waals surface area contributed by atoms with Crippen molar-refractivity contribution in [3.05, 3.63) is 0 Å². The fourth-order valence-electron chi connectivity index (χ4n) is 8.91. The molecule has 0 amide bonds. The lowest BCUT2D eigenvalue weighted by molar-refractivity contribution is -0.122. The molecule has 3 heteroatoms. The zero-order valence-electron chi connectivity index (χ0n) is 20.5. The molecule has 0 aliphatic heterocycles. The zero-order chi connectivity index (χ0) is 21.7. The third-order valence-corrected chi connectivity index (χ3v) is 10.1. The topological polar surface area (TPSA) is 45.0 Å². The second kappa shape index (κ2) is 8.34. The molecule has 0 bridgehead atoms. The standard InChI is InChI=1S/C27H46N2O/c1-17(2)28-16-27-14-12-24-22(25(27)10-9-23(27)19(5)30)8-7-20-15-21(29-18(3)4)11-13-26(20,24)6/h19-25,30H,7-16H2,1-6H3/t19?,20?,21?,22-,23-,24+,25+,26+,27+/m1/s1. The summed E-state index contributed by atoms with van der Waals surface area (Å²) in [6.07, 6.45) is 11.7. The van der Waals surface area contributed by atoms with Crippen molar-refractivity contribution in [2.45, 2.75) is 111 Å². The van der Waals surface area contributed by atoms with Gasteiger partial charge in [-0.15, -0.1) is 0 Å². The van der Waals surface area contributed by atoms with E-state index >= 15 is 0 Å². The van der Waals surface area contributed by atoms with Crippen LogP contribution in [0.3, 0.4) is 0 Å². The molecule has 3 nitrogen and oxygen atoms in total. The Bertz CT molecular complexity index is 689. The smallest absolute Gasteiger partial charge is 0.0546 e. The molecule has 0 heterocycles. The van der Waals surface area contributed by atoms with E-state index < -0.39 is 0 Å². The van der Waals surface area contributed by atoms with Crippen LogP contribution in [-0.4, -0.2) is 35.2 Å². The molecule has 0 saturated heterocycles. The summed E-state index contributed by atoms with van der Waals surface area (Å²) < 4.78 is 0. The Morgan fingerprint density at radius 3 is 2.37 bits per heavy atom. The van der Waals surface area contributed by atoms with E-state index in [2.05, 4.69) is 34.6 Å². The van der Waals surface area contributed by atoms with Gasteiger partial charge in [0.2, 0.25) is 0 Å². The number of nitrogens with zero attached hydrogens (tertiary/aromatic N) is 2. The van der Waals surface area contributed by atoms with Crippen molar-refractivity contribution < 1.29 is 5.11 Å². The van der Waals surface area contributed by atoms with Crippen LogP contribution >= 0.6 is 0 Å². The van der Waals surface area contributed by atoms with Gasteiger partial charge in [-0.25, -0.2) is 0 Å². The van der Waals surface area contributed by atoms with Crippen molar-refractivity contribution in [1.29, 1.82) is 0 Å². The van der Waals surface area contributed by atoms with Gasteiger partial charge in [0.25, 0.3) is 0 Å². The Morgan fingerprint density at radius 1 is 0.933 bits per heavy atom. The lowest BCUT2D eigenvalue weighted by Crippen LogP contribution is -2.55. The molecule has 4 fully saturated rings. The van der Waals surface area contributed by atoms with Crippen LogP contribution in [0, 0.1) is 40.4 Å². The van der Waals surface area contributed by atoms with Crippen molar-refractivity contribution in [3.63, 3.8) is 0 Å². The van der Waals surface area contributed by atoms with Crippen LogP contribution in [0.2, 0.25) is 0 Å². The normalized spacial score (nSPS) is 46.2. The molecule has 3 unspecified atom stereocenters. The maximum absolute atomic E-state index is 10.7. The van der Waals surface area contributed by atoms with Crippen molar-refractivity contribution in [2.24, 2.45) is 50.4 Å². The first kappa shape index (κ1) is 22.5. The summed E-state index contributed by atoms with van der Waals surface area (Å²) in [5.74, 6) is 3.79. The average molecular weight is 415 g/mol. The summed E-state index contributed by atoms with van der Waals surface area (Å²) in [7, 11) is 0. The Hall–Kier alpha value is -0.700. The van der Waals surface area contributed by atoms with Gasteiger partial charge in [0, 0.05) is 18.0 Å². The van der Waals surface area contributed by atoms with Gasteiger partial charge in [0.1, 0.15) is 0 Å². The second-order valence-electron chi connectivity index (χ2n) is 12.1. The van der Waals surface area contributed by atoms with Gasteiger partial charge in [0.15, 0.2) is 0 Å². The average Bonchev–Trinajstić information content (AvgIpc) is 3.06. The highest BCUT2D eigenvalue weighted by Crippen LogP contribution is 2.68. The molecule has 0 aromatic rings. The highest BCUT2D eigenvalue weighted by Gasteiger charge is 2.62. The SMILES string of the molecule is CC(C)=NC[C@]12CC[C@H]3[C@@H](CCC4CC(N=C(C)C)CC[C@@]43C)[C@@H]1CC[C@@H]2C(C)O. The number of hydrogen-bond donors (Lipinski definition) is 1. The van der Waals surface area contributed by atoms with Crippen LogP contribution in [0.5, 0.6) is 0 Å². The zero-order valence-corrected chi connectivity index (χ0v) is 20.5. The molecule has 4 rings (SSSR count). The van der Waals surface area contributed by atoms with Gasteiger partial charge in [-0.05, 0) is 133 Å². The fourth-order valence-corrected chi connectivity index (χ4v) is 8.91. The van der Waals surface area contributed by atoms with Crippen LogP contribution in [0.25, 0.3) is 0 Å². The summed E-state index contributed by atoms with van der Waals surface area (Å²) in [5, 5.41) is 10.7. The van der Waals surface area contributed by atoms with Gasteiger partial charge < -0.3 is 5.11 Å². The molecule has 1 N–H and O–H groups in total. The molecule has 4 aliphatic rings. The van der Waals surface area contributed by atoms with Crippen LogP contribution in [-0.2, 0) is 0 Å². The molecule has 0 spiro atoms. The molecular formula is C27H46N2O. The molecule has 30 heavy (non-hydrogen) atoms. The molecule has 4 aliphatic carbocycles. The predicted molar refractivity (Wildman–Crippen MR) is 127 cm³/mol. The first-order valence-electron chi connectivity index (χ1n) is 12.8. The number of aliphatic imine (C=N–C) groups is 2. The predicted octanol–water partition coefficient (Wildman–Crippen LogP) is 6.34. The van der Waals surface area contributed by atoms with Gasteiger partial charge >= 0.3 is 0 Å². The second-order valence-corrected chi connectivity index (χ2v) is 12.1. The third kappa shape index (κ3) is 3.71. The quantitative estimate of drug-likeness (QED) is 0.536. The lowest BCUT2D eigenvalue weighted by atomic mass is 9.44. The summed E-state index contributed by atoms with van der Waals surface area (Å²) in [5.41, 5.74) is 3.20. The first-order chi connectivity index (χ1) is 14.2. The molecular weight excluding hydrogens is 368 g/mol. The minimum absolute atomic E-state index is 0.198. The highest BCUT2D eigenvalue weighted by atomic mass is 16.3. The van der Waals surface area contributed by atoms with Gasteiger partial charge in [-0.1, -0.05) is 6.92 Å². The van der Waals surface area contributed by atoms with E-state index in [1.807, 2.05) is 6.92 Å². The summed E-state index contributed by atoms with van der Waals surface area (Å²) in [4.78, 5) is 9.95. The Labute approximate surface area is 185 Å². The molecule has 0 aromatic carbocycles. The van der Waals surface area contributed by atoms with Gasteiger partial charge in [0.05, 0.1) is 12.1 Å². The Morgan fingerprint density at radius 2 is 1.70 bits per heavy atom. The van der Waals surface area contributed by atoms with Crippen LogP contribution in [0.4, 0.5) is 0 Å².